The Balaban J connectivity index is 2.92. The van der Waals surface area contributed by atoms with Crippen molar-refractivity contribution < 1.29 is 23.2 Å². The largest absolute Gasteiger partial charge is 0.416 e. The molecule has 1 rings (SSSR count). The lowest BCUT2D eigenvalue weighted by atomic mass is 10.0. The number of rotatable bonds is 3. The summed E-state index contributed by atoms with van der Waals surface area (Å²) in [5.41, 5.74) is -0.774. The molecule has 2 atom stereocenters. The molecule has 1 aromatic carbocycles. The second-order valence-corrected chi connectivity index (χ2v) is 3.59. The van der Waals surface area contributed by atoms with E-state index in [1.54, 1.807) is 0 Å². The molecule has 0 aliphatic carbocycles. The minimum absolute atomic E-state index is 0.0854. The van der Waals surface area contributed by atoms with Crippen LogP contribution in [0.5, 0.6) is 0 Å². The maximum Gasteiger partial charge on any atom is 0.416 e. The normalized spacial score (nSPS) is 15.4. The number of hydrogen-bond donors (Lipinski definition) is 1. The summed E-state index contributed by atoms with van der Waals surface area (Å²) in [5.74, 6) is 0. The van der Waals surface area contributed by atoms with Crippen molar-refractivity contribution in [3.8, 4) is 0 Å². The van der Waals surface area contributed by atoms with Gasteiger partial charge in [0.1, 0.15) is 6.10 Å². The minimum Gasteiger partial charge on any atom is -0.381 e. The molecule has 0 unspecified atom stereocenters. The third-order valence-electron chi connectivity index (χ3n) is 2.37. The van der Waals surface area contributed by atoms with E-state index in [9.17, 15) is 28.4 Å². The van der Waals surface area contributed by atoms with Gasteiger partial charge in [-0.2, -0.15) is 13.2 Å². The van der Waals surface area contributed by atoms with Crippen molar-refractivity contribution in [1.82, 2.24) is 0 Å². The first-order chi connectivity index (χ1) is 7.73. The van der Waals surface area contributed by atoms with Gasteiger partial charge in [0.25, 0.3) is 0 Å². The van der Waals surface area contributed by atoms with Crippen LogP contribution in [0.1, 0.15) is 24.2 Å². The average molecular weight is 249 g/mol. The van der Waals surface area contributed by atoms with E-state index in [-0.39, 0.29) is 5.56 Å². The summed E-state index contributed by atoms with van der Waals surface area (Å²) < 4.78 is 36.7. The average Bonchev–Trinajstić information content (AvgIpc) is 2.26. The first kappa shape index (κ1) is 13.4. The summed E-state index contributed by atoms with van der Waals surface area (Å²) in [4.78, 5) is 9.71. The molecule has 1 aromatic rings. The topological polar surface area (TPSA) is 63.4 Å². The minimum atomic E-state index is -4.46. The third kappa shape index (κ3) is 3.16. The summed E-state index contributed by atoms with van der Waals surface area (Å²) >= 11 is 0. The number of alkyl halides is 3. The van der Waals surface area contributed by atoms with Crippen molar-refractivity contribution in [3.63, 3.8) is 0 Å². The highest BCUT2D eigenvalue weighted by atomic mass is 19.4. The molecule has 0 aliphatic rings. The molecule has 0 heterocycles. The van der Waals surface area contributed by atoms with Gasteiger partial charge < -0.3 is 5.11 Å². The fourth-order valence-corrected chi connectivity index (χ4v) is 1.26. The molecule has 0 spiro atoms. The van der Waals surface area contributed by atoms with Gasteiger partial charge in [0, 0.05) is 11.8 Å². The van der Waals surface area contributed by atoms with E-state index in [0.717, 1.165) is 24.3 Å². The van der Waals surface area contributed by atoms with Crippen molar-refractivity contribution in [2.24, 2.45) is 0 Å². The van der Waals surface area contributed by atoms with Crippen LogP contribution in [0.2, 0.25) is 0 Å². The van der Waals surface area contributed by atoms with Crippen molar-refractivity contribution >= 4 is 0 Å². The fourth-order valence-electron chi connectivity index (χ4n) is 1.26. The molecule has 0 bridgehead atoms. The smallest absolute Gasteiger partial charge is 0.381 e. The van der Waals surface area contributed by atoms with Crippen LogP contribution in [-0.2, 0) is 6.18 Å². The van der Waals surface area contributed by atoms with Crippen LogP contribution in [-0.4, -0.2) is 16.1 Å². The third-order valence-corrected chi connectivity index (χ3v) is 2.37. The summed E-state index contributed by atoms with van der Waals surface area (Å²) in [6, 6.07) is 2.36. The Morgan fingerprint density at radius 3 is 2.12 bits per heavy atom. The molecule has 94 valence electrons. The van der Waals surface area contributed by atoms with E-state index in [4.69, 9.17) is 0 Å². The van der Waals surface area contributed by atoms with E-state index in [1.807, 2.05) is 0 Å². The second kappa shape index (κ2) is 4.70. The van der Waals surface area contributed by atoms with Crippen molar-refractivity contribution in [3.05, 3.63) is 45.5 Å². The Hall–Kier alpha value is -1.63. The van der Waals surface area contributed by atoms with Crippen LogP contribution < -0.4 is 0 Å². The Labute approximate surface area is 94.8 Å². The quantitative estimate of drug-likeness (QED) is 0.660. The molecule has 4 nitrogen and oxygen atoms in total. The van der Waals surface area contributed by atoms with Gasteiger partial charge in [0.05, 0.1) is 5.56 Å². The summed E-state index contributed by atoms with van der Waals surface area (Å²) in [7, 11) is 0. The molecule has 0 aliphatic heterocycles. The molecule has 0 aromatic heterocycles. The number of aliphatic hydroxyl groups is 1. The molecular weight excluding hydrogens is 239 g/mol. The first-order valence-corrected chi connectivity index (χ1v) is 4.72. The van der Waals surface area contributed by atoms with Crippen molar-refractivity contribution in [2.45, 2.75) is 25.2 Å². The number of halogens is 3. The second-order valence-electron chi connectivity index (χ2n) is 3.59. The van der Waals surface area contributed by atoms with E-state index in [2.05, 4.69) is 0 Å². The molecular formula is C10H10F3NO3. The van der Waals surface area contributed by atoms with Crippen LogP contribution in [0.4, 0.5) is 13.2 Å². The van der Waals surface area contributed by atoms with Gasteiger partial charge in [0.15, 0.2) is 0 Å². The fraction of sp³-hybridized carbons (Fsp3) is 0.400. The first-order valence-electron chi connectivity index (χ1n) is 4.72. The van der Waals surface area contributed by atoms with Gasteiger partial charge in [-0.15, -0.1) is 0 Å². The predicted octanol–water partition coefficient (Wildman–Crippen LogP) is 2.40. The number of nitrogens with zero attached hydrogens (tertiary/aromatic N) is 1. The number of aliphatic hydroxyl groups excluding tert-OH is 1. The van der Waals surface area contributed by atoms with E-state index >= 15 is 0 Å². The number of hydrogen-bond acceptors (Lipinski definition) is 3. The van der Waals surface area contributed by atoms with E-state index in [0.29, 0.717) is 0 Å². The standard InChI is InChI=1S/C10H10F3NO3/c1-6(14(16)17)9(15)7-2-4-8(5-3-7)10(11,12)13/h2-6,9,15H,1H3/t6-,9+/m0/s1. The van der Waals surface area contributed by atoms with E-state index in [1.165, 1.54) is 6.92 Å². The molecule has 17 heavy (non-hydrogen) atoms. The van der Waals surface area contributed by atoms with Crippen LogP contribution in [0.25, 0.3) is 0 Å². The molecule has 0 fully saturated rings. The molecule has 0 saturated heterocycles. The molecule has 7 heteroatoms. The van der Waals surface area contributed by atoms with Gasteiger partial charge in [-0.25, -0.2) is 0 Å². The lowest BCUT2D eigenvalue weighted by Gasteiger charge is -2.13. The highest BCUT2D eigenvalue weighted by molar-refractivity contribution is 5.26. The number of nitro groups is 1. The van der Waals surface area contributed by atoms with Crippen LogP contribution >= 0.6 is 0 Å². The molecule has 1 N–H and O–H groups in total. The van der Waals surface area contributed by atoms with Crippen LogP contribution in [0.15, 0.2) is 24.3 Å². The van der Waals surface area contributed by atoms with Crippen LogP contribution in [0.3, 0.4) is 0 Å². The maximum absolute atomic E-state index is 12.2. The summed E-state index contributed by atoms with van der Waals surface area (Å²) in [6.45, 7) is 1.18. The lowest BCUT2D eigenvalue weighted by molar-refractivity contribution is -0.531. The zero-order chi connectivity index (χ0) is 13.2. The molecule has 0 amide bonds. The van der Waals surface area contributed by atoms with E-state index < -0.39 is 28.8 Å². The summed E-state index contributed by atoms with van der Waals surface area (Å²) in [5, 5.41) is 19.9. The highest BCUT2D eigenvalue weighted by Gasteiger charge is 2.31. The van der Waals surface area contributed by atoms with Gasteiger partial charge in [-0.1, -0.05) is 12.1 Å². The Morgan fingerprint density at radius 2 is 1.76 bits per heavy atom. The van der Waals surface area contributed by atoms with Gasteiger partial charge in [0.2, 0.25) is 6.04 Å². The molecule has 0 saturated carbocycles. The Morgan fingerprint density at radius 1 is 1.29 bits per heavy atom. The van der Waals surface area contributed by atoms with Gasteiger partial charge in [-0.05, 0) is 17.7 Å². The maximum atomic E-state index is 12.2. The predicted molar refractivity (Wildman–Crippen MR) is 52.9 cm³/mol. The molecule has 0 radical (unpaired) electrons. The lowest BCUT2D eigenvalue weighted by Crippen LogP contribution is -2.24. The van der Waals surface area contributed by atoms with Gasteiger partial charge in [-0.3, -0.25) is 10.1 Å². The van der Waals surface area contributed by atoms with Crippen LogP contribution in [0, 0.1) is 10.1 Å². The van der Waals surface area contributed by atoms with Crippen molar-refractivity contribution in [2.75, 3.05) is 0 Å². The monoisotopic (exact) mass is 249 g/mol. The zero-order valence-corrected chi connectivity index (χ0v) is 8.81. The van der Waals surface area contributed by atoms with Gasteiger partial charge >= 0.3 is 6.18 Å². The highest BCUT2D eigenvalue weighted by Crippen LogP contribution is 2.30. The van der Waals surface area contributed by atoms with Crippen molar-refractivity contribution in [1.29, 1.82) is 0 Å². The SMILES string of the molecule is C[C@@H]([C@@H](O)c1ccc(C(F)(F)F)cc1)[N+](=O)[O-]. The zero-order valence-electron chi connectivity index (χ0n) is 8.81. The Kier molecular flexibility index (Phi) is 3.72. The Bertz CT molecular complexity index is 402. The number of benzene rings is 1. The summed E-state index contributed by atoms with van der Waals surface area (Å²) in [6.07, 6.45) is -5.88.